The van der Waals surface area contributed by atoms with E-state index in [0.717, 1.165) is 0 Å². The lowest BCUT2D eigenvalue weighted by Crippen LogP contribution is -2.37. The molecule has 1 aliphatic carbocycles. The maximum Gasteiger partial charge on any atom is 0.253 e. The molecule has 0 atom stereocenters. The summed E-state index contributed by atoms with van der Waals surface area (Å²) in [7, 11) is 0. The fraction of sp³-hybridized carbons (Fsp3) is 0.533. The fourth-order valence-electron chi connectivity index (χ4n) is 2.70. The van der Waals surface area contributed by atoms with Crippen LogP contribution in [0.4, 0.5) is 5.69 Å². The molecule has 0 heterocycles. The van der Waals surface area contributed by atoms with Crippen molar-refractivity contribution in [2.24, 2.45) is 5.41 Å². The number of hydrogen-bond acceptors (Lipinski definition) is 2. The summed E-state index contributed by atoms with van der Waals surface area (Å²) in [5.41, 5.74) is 6.97. The van der Waals surface area contributed by atoms with Crippen LogP contribution in [0, 0.1) is 5.41 Å². The van der Waals surface area contributed by atoms with Crippen LogP contribution in [-0.4, -0.2) is 12.5 Å². The molecule has 3 N–H and O–H groups in total. The van der Waals surface area contributed by atoms with Crippen LogP contribution in [0.5, 0.6) is 0 Å². The summed E-state index contributed by atoms with van der Waals surface area (Å²) >= 11 is 5.90. The van der Waals surface area contributed by atoms with Crippen molar-refractivity contribution < 1.29 is 4.79 Å². The Balaban J connectivity index is 1.99. The lowest BCUT2D eigenvalue weighted by Gasteiger charge is -2.33. The van der Waals surface area contributed by atoms with Gasteiger partial charge in [-0.2, -0.15) is 0 Å². The first-order valence-electron chi connectivity index (χ1n) is 6.83. The van der Waals surface area contributed by atoms with Crippen LogP contribution in [-0.2, 0) is 0 Å². The topological polar surface area (TPSA) is 55.1 Å². The maximum atomic E-state index is 12.2. The molecule has 0 radical (unpaired) electrons. The van der Waals surface area contributed by atoms with Crippen molar-refractivity contribution in [2.75, 3.05) is 12.3 Å². The van der Waals surface area contributed by atoms with E-state index in [2.05, 4.69) is 12.2 Å². The van der Waals surface area contributed by atoms with Crippen LogP contribution < -0.4 is 11.1 Å². The lowest BCUT2D eigenvalue weighted by atomic mass is 9.76. The molecule has 1 aliphatic rings. The average Bonchev–Trinajstić information content (AvgIpc) is 2.40. The quantitative estimate of drug-likeness (QED) is 0.831. The zero-order valence-corrected chi connectivity index (χ0v) is 12.1. The fourth-order valence-corrected chi connectivity index (χ4v) is 2.87. The van der Waals surface area contributed by atoms with Crippen LogP contribution in [0.15, 0.2) is 18.2 Å². The van der Waals surface area contributed by atoms with E-state index < -0.39 is 0 Å². The number of nitrogen functional groups attached to an aromatic ring is 1. The molecule has 1 aromatic carbocycles. The number of nitrogens with one attached hydrogen (secondary N) is 1. The van der Waals surface area contributed by atoms with Crippen molar-refractivity contribution in [2.45, 2.75) is 39.0 Å². The molecule has 104 valence electrons. The number of benzene rings is 1. The Morgan fingerprint density at radius 1 is 1.37 bits per heavy atom. The first kappa shape index (κ1) is 14.2. The number of nitrogens with two attached hydrogens (primary N) is 1. The molecule has 4 heteroatoms. The van der Waals surface area contributed by atoms with Crippen molar-refractivity contribution in [3.63, 3.8) is 0 Å². The summed E-state index contributed by atoms with van der Waals surface area (Å²) in [4.78, 5) is 12.2. The predicted octanol–water partition coefficient (Wildman–Crippen LogP) is 3.62. The SMILES string of the molecule is CC1(CNC(=O)c2cc(Cl)ccc2N)CCCCC1. The highest BCUT2D eigenvalue weighted by Crippen LogP contribution is 2.35. The molecule has 0 spiro atoms. The minimum absolute atomic E-state index is 0.133. The Morgan fingerprint density at radius 3 is 2.74 bits per heavy atom. The number of hydrogen-bond donors (Lipinski definition) is 2. The van der Waals surface area contributed by atoms with Gasteiger partial charge in [-0.1, -0.05) is 37.8 Å². The monoisotopic (exact) mass is 280 g/mol. The van der Waals surface area contributed by atoms with Crippen molar-refractivity contribution in [1.82, 2.24) is 5.32 Å². The van der Waals surface area contributed by atoms with E-state index in [1.54, 1.807) is 18.2 Å². The predicted molar refractivity (Wildman–Crippen MR) is 79.4 cm³/mol. The zero-order chi connectivity index (χ0) is 13.9. The minimum atomic E-state index is -0.133. The number of carbonyl (C=O) groups is 1. The van der Waals surface area contributed by atoms with Gasteiger partial charge in [0.2, 0.25) is 0 Å². The smallest absolute Gasteiger partial charge is 0.253 e. The summed E-state index contributed by atoms with van der Waals surface area (Å²) < 4.78 is 0. The Kier molecular flexibility index (Phi) is 4.35. The second-order valence-electron chi connectivity index (χ2n) is 5.79. The molecule has 1 fully saturated rings. The third-order valence-corrected chi connectivity index (χ3v) is 4.23. The molecule has 1 amide bonds. The lowest BCUT2D eigenvalue weighted by molar-refractivity contribution is 0.0920. The number of anilines is 1. The zero-order valence-electron chi connectivity index (χ0n) is 11.3. The molecule has 1 aromatic rings. The van der Waals surface area contributed by atoms with Gasteiger partial charge in [-0.3, -0.25) is 4.79 Å². The molecule has 0 bridgehead atoms. The van der Waals surface area contributed by atoms with Crippen molar-refractivity contribution in [3.05, 3.63) is 28.8 Å². The molecule has 1 saturated carbocycles. The normalized spacial score (nSPS) is 18.0. The van der Waals surface area contributed by atoms with E-state index in [-0.39, 0.29) is 11.3 Å². The summed E-state index contributed by atoms with van der Waals surface area (Å²) in [6.07, 6.45) is 6.18. The van der Waals surface area contributed by atoms with Crippen LogP contribution in [0.2, 0.25) is 5.02 Å². The van der Waals surface area contributed by atoms with E-state index in [9.17, 15) is 4.79 Å². The van der Waals surface area contributed by atoms with E-state index >= 15 is 0 Å². The number of halogens is 1. The summed E-state index contributed by atoms with van der Waals surface area (Å²) in [6.45, 7) is 2.95. The maximum absolute atomic E-state index is 12.2. The van der Waals surface area contributed by atoms with Gasteiger partial charge >= 0.3 is 0 Å². The van der Waals surface area contributed by atoms with Crippen molar-refractivity contribution in [1.29, 1.82) is 0 Å². The second kappa shape index (κ2) is 5.83. The highest BCUT2D eigenvalue weighted by molar-refractivity contribution is 6.31. The molecule has 0 unspecified atom stereocenters. The molecule has 0 saturated heterocycles. The van der Waals surface area contributed by atoms with E-state index in [0.29, 0.717) is 22.8 Å². The Bertz CT molecular complexity index is 467. The van der Waals surface area contributed by atoms with Gasteiger partial charge in [0.05, 0.1) is 5.56 Å². The largest absolute Gasteiger partial charge is 0.398 e. The van der Waals surface area contributed by atoms with Crippen molar-refractivity contribution in [3.8, 4) is 0 Å². The molecule has 19 heavy (non-hydrogen) atoms. The Labute approximate surface area is 119 Å². The van der Waals surface area contributed by atoms with Crippen LogP contribution in [0.1, 0.15) is 49.4 Å². The Morgan fingerprint density at radius 2 is 2.05 bits per heavy atom. The summed E-state index contributed by atoms with van der Waals surface area (Å²) in [6, 6.07) is 4.98. The molecular formula is C15H21ClN2O. The molecule has 0 aliphatic heterocycles. The van der Waals surface area contributed by atoms with Gasteiger partial charge in [-0.15, -0.1) is 0 Å². The average molecular weight is 281 g/mol. The van der Waals surface area contributed by atoms with E-state index in [1.807, 2.05) is 0 Å². The molecule has 3 nitrogen and oxygen atoms in total. The first-order valence-corrected chi connectivity index (χ1v) is 7.21. The third-order valence-electron chi connectivity index (χ3n) is 4.00. The van der Waals surface area contributed by atoms with Gasteiger partial charge in [0.25, 0.3) is 5.91 Å². The molecule has 2 rings (SSSR count). The number of carbonyl (C=O) groups excluding carboxylic acids is 1. The van der Waals surface area contributed by atoms with Crippen LogP contribution in [0.3, 0.4) is 0 Å². The van der Waals surface area contributed by atoms with Crippen LogP contribution >= 0.6 is 11.6 Å². The second-order valence-corrected chi connectivity index (χ2v) is 6.22. The van der Waals surface area contributed by atoms with Gasteiger partial charge in [-0.05, 0) is 36.5 Å². The summed E-state index contributed by atoms with van der Waals surface area (Å²) in [5, 5.41) is 3.53. The minimum Gasteiger partial charge on any atom is -0.398 e. The van der Waals surface area contributed by atoms with Crippen molar-refractivity contribution >= 4 is 23.2 Å². The van der Waals surface area contributed by atoms with Crippen LogP contribution in [0.25, 0.3) is 0 Å². The van der Waals surface area contributed by atoms with E-state index in [4.69, 9.17) is 17.3 Å². The highest BCUT2D eigenvalue weighted by Gasteiger charge is 2.27. The third kappa shape index (κ3) is 3.63. The number of rotatable bonds is 3. The summed E-state index contributed by atoms with van der Waals surface area (Å²) in [5.74, 6) is -0.133. The van der Waals surface area contributed by atoms with Gasteiger partial charge < -0.3 is 11.1 Å². The number of amides is 1. The first-order chi connectivity index (χ1) is 9.00. The molecule has 0 aromatic heterocycles. The highest BCUT2D eigenvalue weighted by atomic mass is 35.5. The Hall–Kier alpha value is -1.22. The van der Waals surface area contributed by atoms with Gasteiger partial charge in [0.1, 0.15) is 0 Å². The van der Waals surface area contributed by atoms with Gasteiger partial charge in [0, 0.05) is 17.3 Å². The van der Waals surface area contributed by atoms with E-state index in [1.165, 1.54) is 32.1 Å². The molecular weight excluding hydrogens is 260 g/mol. The van der Waals surface area contributed by atoms with Gasteiger partial charge in [0.15, 0.2) is 0 Å². The standard InChI is InChI=1S/C15H21ClN2O/c1-15(7-3-2-4-8-15)10-18-14(19)12-9-11(16)5-6-13(12)17/h5-6,9H,2-4,7-8,10,17H2,1H3,(H,18,19). The van der Waals surface area contributed by atoms with Gasteiger partial charge in [-0.25, -0.2) is 0 Å².